The SMILES string of the molecule is CCCCCCCCCC(=O)N[C@@]1(C)C[C@H](O[C@H]2[C@H](Oc3c4cc5cc3Oc3ccc(cc3Cl)[C@@H](O)[C@@H](NC(=O)[C@@H](CC(C)C)NC)C(=O)N[C@@H](CC(N)=O)C(=O)N[C@H]5C(=O)N[C@H]3C(=O)N[C@H](C(=O)N[C@H](C(=O)O)c5cc(O)c(CNCCCNC(=O)[C@H](O)[C@@H](O)[C@H](O)[C@H](O)CO)c(O)c5-c5cc3ccc5O)[C@H](O)c3ccc(c(Cl)c3)O4)O[C@H](CO)[C@@H](O)[C@@H]2O)O[C@@H](C)[C@H]1O. The molecule has 27 N–H and O–H groups in total. The van der Waals surface area contributed by atoms with Gasteiger partial charge in [0, 0.05) is 42.6 Å². The van der Waals surface area contributed by atoms with Gasteiger partial charge in [-0.2, -0.15) is 0 Å². The summed E-state index contributed by atoms with van der Waals surface area (Å²) in [5, 5.41) is 193. The third-order valence-corrected chi connectivity index (χ3v) is 23.7. The van der Waals surface area contributed by atoms with Crippen molar-refractivity contribution in [2.75, 3.05) is 33.4 Å². The Balaban J connectivity index is 1.15. The van der Waals surface area contributed by atoms with Gasteiger partial charge in [0.15, 0.2) is 36.0 Å². The number of fused-ring (bicyclic) bond motifs is 15. The molecule has 2 fully saturated rings. The minimum Gasteiger partial charge on any atom is -0.507 e. The third-order valence-electron chi connectivity index (χ3n) is 23.1. The Bertz CT molecular complexity index is 4920. The second kappa shape index (κ2) is 45.1. The number of carboxylic acid groups (broad SMARTS) is 1. The smallest absolute Gasteiger partial charge is 0.330 e. The van der Waals surface area contributed by atoms with Crippen molar-refractivity contribution in [3.05, 3.63) is 116 Å². The van der Waals surface area contributed by atoms with Crippen LogP contribution < -0.4 is 73.1 Å². The van der Waals surface area contributed by atoms with Gasteiger partial charge in [-0.15, -0.1) is 0 Å². The predicted molar refractivity (Wildman–Crippen MR) is 456 cm³/mol. The lowest BCUT2D eigenvalue weighted by atomic mass is 9.84. The highest BCUT2D eigenvalue weighted by Crippen LogP contribution is 2.51. The number of aliphatic hydroxyl groups is 11. The van der Waals surface area contributed by atoms with Crippen molar-refractivity contribution in [3.8, 4) is 57.1 Å². The Hall–Kier alpha value is -10.5. The monoisotopic (exact) mass is 1870 g/mol. The zero-order valence-corrected chi connectivity index (χ0v) is 73.2. The number of carbonyl (C=O) groups is 10. The number of nitrogens with one attached hydrogen (secondary N) is 10. The zero-order chi connectivity index (χ0) is 95.2. The number of phenols is 3. The van der Waals surface area contributed by atoms with E-state index in [4.69, 9.17) is 62.5 Å². The highest BCUT2D eigenvalue weighted by atomic mass is 35.5. The maximum atomic E-state index is 16.4. The number of phenolic OH excluding ortho intramolecular Hbond substituents is 3. The number of halogens is 2. The van der Waals surface area contributed by atoms with Crippen LogP contribution in [0.5, 0.6) is 46.0 Å². The van der Waals surface area contributed by atoms with Crippen molar-refractivity contribution >= 4 is 82.3 Å². The number of benzene rings is 5. The van der Waals surface area contributed by atoms with Crippen molar-refractivity contribution in [2.45, 2.75) is 252 Å². The largest absolute Gasteiger partial charge is 0.507 e. The van der Waals surface area contributed by atoms with E-state index in [1.54, 1.807) is 20.8 Å². The van der Waals surface area contributed by atoms with Gasteiger partial charge in [-0.1, -0.05) is 101 Å². The molecule has 0 radical (unpaired) electrons. The van der Waals surface area contributed by atoms with E-state index in [-0.39, 0.29) is 55.8 Å². The first-order valence-corrected chi connectivity index (χ1v) is 43.2. The number of unbranched alkanes of at least 4 members (excludes halogenated alkanes) is 6. The Morgan fingerprint density at radius 3 is 1.89 bits per heavy atom. The molecule has 0 saturated carbocycles. The average Bonchev–Trinajstić information content (AvgIpc) is 0.809. The highest BCUT2D eigenvalue weighted by Gasteiger charge is 2.53. The van der Waals surface area contributed by atoms with Crippen molar-refractivity contribution in [2.24, 2.45) is 11.7 Å². The number of aliphatic hydroxyl groups excluding tert-OH is 11. The van der Waals surface area contributed by atoms with E-state index in [0.717, 1.165) is 105 Å². The van der Waals surface area contributed by atoms with Crippen LogP contribution in [0.1, 0.15) is 175 Å². The van der Waals surface area contributed by atoms with Crippen LogP contribution in [0.2, 0.25) is 10.0 Å². The Labute approximate surface area is 755 Å². The normalized spacial score (nSPS) is 26.4. The molecule has 5 aromatic rings. The van der Waals surface area contributed by atoms with Crippen molar-refractivity contribution in [1.29, 1.82) is 0 Å². The quantitative estimate of drug-likeness (QED) is 0.0234. The van der Waals surface area contributed by atoms with E-state index in [2.05, 4.69) is 60.1 Å². The second-order valence-electron chi connectivity index (χ2n) is 33.3. The number of likely N-dealkylation sites (N-methyl/N-ethyl adjacent to an activating group) is 1. The number of carboxylic acids is 1. The van der Waals surface area contributed by atoms with Gasteiger partial charge in [0.05, 0.1) is 52.9 Å². The molecule has 712 valence electrons. The van der Waals surface area contributed by atoms with Gasteiger partial charge >= 0.3 is 5.97 Å². The molecule has 130 heavy (non-hydrogen) atoms. The number of rotatable bonds is 33. The molecule has 12 rings (SSSR count). The van der Waals surface area contributed by atoms with Crippen molar-refractivity contribution < 1.29 is 153 Å². The lowest BCUT2D eigenvalue weighted by molar-refractivity contribution is -0.334. The summed E-state index contributed by atoms with van der Waals surface area (Å²) in [7, 11) is 1.45. The Morgan fingerprint density at radius 1 is 0.669 bits per heavy atom. The van der Waals surface area contributed by atoms with E-state index in [9.17, 15) is 95.5 Å². The summed E-state index contributed by atoms with van der Waals surface area (Å²) in [5.41, 5.74) is 0.331. The van der Waals surface area contributed by atoms with Crippen LogP contribution in [0, 0.1) is 5.92 Å². The lowest BCUT2D eigenvalue weighted by Gasteiger charge is -2.48. The maximum Gasteiger partial charge on any atom is 0.330 e. The molecule has 7 heterocycles. The molecule has 0 aliphatic carbocycles. The van der Waals surface area contributed by atoms with Crippen LogP contribution in [0.3, 0.4) is 0 Å². The summed E-state index contributed by atoms with van der Waals surface area (Å²) < 4.78 is 39.2. The molecule has 42 nitrogen and oxygen atoms in total. The van der Waals surface area contributed by atoms with Gasteiger partial charge in [-0.05, 0) is 129 Å². The number of hydrogen-bond acceptors (Lipinski definition) is 32. The van der Waals surface area contributed by atoms with Gasteiger partial charge < -0.3 is 164 Å². The van der Waals surface area contributed by atoms with Crippen molar-refractivity contribution in [1.82, 2.24) is 53.2 Å². The van der Waals surface area contributed by atoms with Crippen LogP contribution in [0.15, 0.2) is 72.8 Å². The van der Waals surface area contributed by atoms with E-state index in [0.29, 0.717) is 6.42 Å². The summed E-state index contributed by atoms with van der Waals surface area (Å²) in [6, 6.07) is -2.67. The van der Waals surface area contributed by atoms with Crippen LogP contribution in [-0.2, 0) is 68.7 Å². The number of ether oxygens (including phenoxy) is 6. The van der Waals surface area contributed by atoms with Gasteiger partial charge in [0.2, 0.25) is 59.3 Å². The number of primary amides is 1. The number of aromatic hydroxyl groups is 3. The minimum atomic E-state index is -2.45. The third kappa shape index (κ3) is 24.3. The molecule has 7 aliphatic rings. The Morgan fingerprint density at radius 2 is 1.28 bits per heavy atom. The van der Waals surface area contributed by atoms with Gasteiger partial charge in [-0.3, -0.25) is 43.2 Å². The summed E-state index contributed by atoms with van der Waals surface area (Å²) in [6.45, 7) is 5.75. The van der Waals surface area contributed by atoms with Crippen LogP contribution in [0.4, 0.5) is 0 Å². The standard InChI is InChI=1S/C86H113Cl2N11O31/c1-7-8-9-10-11-12-13-15-58(106)99-86(5)32-59(125-37(4)76(86)115)129-75-72(113)70(111)56(35-101)128-85(75)130-74-54-28-41-29-55(74)127-53-21-18-40(27-46(53)88)67(108)65-82(121)96-63(84(123)124)43-30-50(103)44(33-91-22-14-23-92-83(122)73(114)71(112)69(110)51(104)34-100)68(109)60(43)42-25-38(16-19-49(42)102)61(79(118)98-65)95-80(119)62(41)94-78(117)48(31-57(89)105)93-81(120)64(97-77(116)47(90-6)24-36(2)3)66(107)39-17-20-52(126-54)45(87)26-39/h16-21,25-30,36-37,47-48,51,56,59,61-67,69-73,75-76,85,90-91,100-104,107-115H,7-15,22-24,31-35H2,1-6H3,(H2,89,105)(H,92,122)(H,93,120)(H,94,117)(H,95,119)(H,96,121)(H,97,116)(H,98,118)(H,99,106)(H,123,124)/t37-,47+,48-,51+,56+,59-,61+,62+,63-,64+,65-,66+,67+,69+,70+,71-,72-,73+,75+,76+,85-,86-/m0/s1. The molecule has 7 aliphatic heterocycles. The van der Waals surface area contributed by atoms with Gasteiger partial charge in [0.1, 0.15) is 114 Å². The predicted octanol–water partition coefficient (Wildman–Crippen LogP) is -0.564. The molecule has 2 saturated heterocycles. The minimum absolute atomic E-state index is 0.0201. The molecule has 9 amide bonds. The number of nitrogens with two attached hydrogens (primary N) is 1. The molecule has 5 aromatic carbocycles. The maximum absolute atomic E-state index is 16.4. The first-order valence-electron chi connectivity index (χ1n) is 42.4. The van der Waals surface area contributed by atoms with Crippen LogP contribution in [-0.4, -0.2) is 272 Å². The fourth-order valence-corrected chi connectivity index (χ4v) is 16.3. The summed E-state index contributed by atoms with van der Waals surface area (Å²) >= 11 is 14.3. The molecule has 0 spiro atoms. The highest BCUT2D eigenvalue weighted by molar-refractivity contribution is 6.32. The Kier molecular flexibility index (Phi) is 35.3. The molecular formula is C86H113Cl2N11O31. The topological polar surface area (TPSA) is 676 Å². The number of carbonyl (C=O) groups excluding carboxylic acids is 9. The zero-order valence-electron chi connectivity index (χ0n) is 71.7. The first kappa shape index (κ1) is 102. The molecule has 22 atom stereocenters. The van der Waals surface area contributed by atoms with E-state index >= 15 is 24.0 Å². The number of hydrogen-bond donors (Lipinski definition) is 26. The molecule has 11 bridgehead atoms. The average molecular weight is 1870 g/mol. The molecule has 44 heteroatoms. The summed E-state index contributed by atoms with van der Waals surface area (Å²) in [4.78, 5) is 146. The molecule has 0 aromatic heterocycles. The second-order valence-corrected chi connectivity index (χ2v) is 34.1. The lowest BCUT2D eigenvalue weighted by Crippen LogP contribution is -2.66. The summed E-state index contributed by atoms with van der Waals surface area (Å²) in [5.74, 6) is -18.9. The van der Waals surface area contributed by atoms with E-state index < -0.39 is 308 Å². The molecular weight excluding hydrogens is 1750 g/mol. The van der Waals surface area contributed by atoms with Gasteiger partial charge in [0.25, 0.3) is 5.91 Å². The van der Waals surface area contributed by atoms with E-state index in [1.807, 2.05) is 0 Å². The van der Waals surface area contributed by atoms with Gasteiger partial charge in [-0.25, -0.2) is 4.79 Å². The van der Waals surface area contributed by atoms with E-state index in [1.165, 1.54) is 20.0 Å². The van der Waals surface area contributed by atoms with Crippen LogP contribution >= 0.6 is 23.2 Å². The molecule has 0 unspecified atom stereocenters. The first-order chi connectivity index (χ1) is 61.6. The fourth-order valence-electron chi connectivity index (χ4n) is 15.9. The van der Waals surface area contributed by atoms with Crippen LogP contribution in [0.25, 0.3) is 11.1 Å². The van der Waals surface area contributed by atoms with Crippen molar-refractivity contribution in [3.63, 3.8) is 0 Å². The summed E-state index contributed by atoms with van der Waals surface area (Å²) in [6.07, 6.45) is -22.0. The number of aliphatic carboxylic acids is 1. The number of amides is 9. The fraction of sp³-hybridized carbons (Fsp3) is 0.535.